The van der Waals surface area contributed by atoms with Crippen LogP contribution in [0.5, 0.6) is 0 Å². The third kappa shape index (κ3) is 2.64. The molecule has 2 aromatic rings. The van der Waals surface area contributed by atoms with Crippen molar-refractivity contribution in [2.75, 3.05) is 0 Å². The fraction of sp³-hybridized carbons (Fsp3) is 0.294. The standard InChI is InChI=1S/C17H17BrClF/c1-9-8-10(2)12(4)15(11(9)3)16(19)13-6-5-7-14(18)17(13)20/h5-8,16H,1-4H3. The topological polar surface area (TPSA) is 0 Å². The van der Waals surface area contributed by atoms with Gasteiger partial charge in [-0.1, -0.05) is 18.2 Å². The fourth-order valence-corrected chi connectivity index (χ4v) is 3.38. The second-order valence-corrected chi connectivity index (χ2v) is 6.47. The molecule has 0 aliphatic rings. The van der Waals surface area contributed by atoms with E-state index in [-0.39, 0.29) is 5.82 Å². The summed E-state index contributed by atoms with van der Waals surface area (Å²) in [5.74, 6) is -0.287. The quantitative estimate of drug-likeness (QED) is 0.567. The van der Waals surface area contributed by atoms with Crippen molar-refractivity contribution in [3.63, 3.8) is 0 Å². The van der Waals surface area contributed by atoms with Crippen molar-refractivity contribution in [2.24, 2.45) is 0 Å². The molecule has 20 heavy (non-hydrogen) atoms. The molecule has 1 unspecified atom stereocenters. The Morgan fingerprint density at radius 3 is 2.15 bits per heavy atom. The molecule has 0 radical (unpaired) electrons. The maximum atomic E-state index is 14.3. The lowest BCUT2D eigenvalue weighted by molar-refractivity contribution is 0.605. The molecule has 106 valence electrons. The van der Waals surface area contributed by atoms with Crippen molar-refractivity contribution >= 4 is 27.5 Å². The van der Waals surface area contributed by atoms with Crippen LogP contribution in [-0.4, -0.2) is 0 Å². The molecule has 0 aliphatic carbocycles. The van der Waals surface area contributed by atoms with Gasteiger partial charge in [0.1, 0.15) is 5.82 Å². The van der Waals surface area contributed by atoms with Crippen molar-refractivity contribution in [3.8, 4) is 0 Å². The van der Waals surface area contributed by atoms with Gasteiger partial charge in [-0.3, -0.25) is 0 Å². The van der Waals surface area contributed by atoms with Crippen LogP contribution in [0.1, 0.15) is 38.8 Å². The van der Waals surface area contributed by atoms with Crippen LogP contribution in [-0.2, 0) is 0 Å². The monoisotopic (exact) mass is 354 g/mol. The summed E-state index contributed by atoms with van der Waals surface area (Å²) in [6.07, 6.45) is 0. The minimum Gasteiger partial charge on any atom is -0.205 e. The summed E-state index contributed by atoms with van der Waals surface area (Å²) in [5.41, 5.74) is 6.16. The van der Waals surface area contributed by atoms with Gasteiger partial charge in [-0.15, -0.1) is 11.6 Å². The maximum Gasteiger partial charge on any atom is 0.142 e. The zero-order chi connectivity index (χ0) is 15.0. The molecule has 2 rings (SSSR count). The molecule has 0 aromatic heterocycles. The molecule has 0 spiro atoms. The highest BCUT2D eigenvalue weighted by Crippen LogP contribution is 2.38. The predicted octanol–water partition coefficient (Wildman–Crippen LogP) is 6.15. The smallest absolute Gasteiger partial charge is 0.142 e. The molecular formula is C17H17BrClF. The van der Waals surface area contributed by atoms with Gasteiger partial charge in [-0.2, -0.15) is 0 Å². The van der Waals surface area contributed by atoms with Gasteiger partial charge < -0.3 is 0 Å². The summed E-state index contributed by atoms with van der Waals surface area (Å²) in [7, 11) is 0. The minimum atomic E-state index is -0.480. The molecule has 0 fully saturated rings. The molecule has 0 saturated heterocycles. The second-order valence-electron chi connectivity index (χ2n) is 5.18. The van der Waals surface area contributed by atoms with E-state index in [1.54, 1.807) is 12.1 Å². The summed E-state index contributed by atoms with van der Waals surface area (Å²) in [5, 5.41) is -0.480. The highest BCUT2D eigenvalue weighted by Gasteiger charge is 2.21. The number of aryl methyl sites for hydroxylation is 2. The van der Waals surface area contributed by atoms with Gasteiger partial charge >= 0.3 is 0 Å². The van der Waals surface area contributed by atoms with Gasteiger partial charge in [0.25, 0.3) is 0 Å². The van der Waals surface area contributed by atoms with Crippen molar-refractivity contribution in [3.05, 3.63) is 67.9 Å². The molecule has 2 aromatic carbocycles. The Bertz CT molecular complexity index is 638. The molecule has 0 nitrogen and oxygen atoms in total. The van der Waals surface area contributed by atoms with Gasteiger partial charge in [0.05, 0.1) is 9.85 Å². The Labute approximate surface area is 133 Å². The molecule has 0 aliphatic heterocycles. The van der Waals surface area contributed by atoms with Gasteiger partial charge in [0.2, 0.25) is 0 Å². The molecule has 0 bridgehead atoms. The molecule has 0 amide bonds. The number of alkyl halides is 1. The Morgan fingerprint density at radius 1 is 1.05 bits per heavy atom. The van der Waals surface area contributed by atoms with Crippen LogP contribution < -0.4 is 0 Å². The first kappa shape index (κ1) is 15.5. The van der Waals surface area contributed by atoms with Gasteiger partial charge in [0, 0.05) is 5.56 Å². The third-order valence-electron chi connectivity index (χ3n) is 3.93. The Kier molecular flexibility index (Phi) is 4.55. The van der Waals surface area contributed by atoms with Crippen LogP contribution in [0.4, 0.5) is 4.39 Å². The van der Waals surface area contributed by atoms with E-state index in [9.17, 15) is 4.39 Å². The lowest BCUT2D eigenvalue weighted by Crippen LogP contribution is -2.05. The fourth-order valence-electron chi connectivity index (χ4n) is 2.50. The van der Waals surface area contributed by atoms with E-state index in [4.69, 9.17) is 11.6 Å². The van der Waals surface area contributed by atoms with Crippen molar-refractivity contribution in [2.45, 2.75) is 33.1 Å². The number of hydrogen-bond acceptors (Lipinski definition) is 0. The number of benzene rings is 2. The number of hydrogen-bond donors (Lipinski definition) is 0. The van der Waals surface area contributed by atoms with Crippen LogP contribution in [0, 0.1) is 33.5 Å². The lowest BCUT2D eigenvalue weighted by atomic mass is 9.90. The highest BCUT2D eigenvalue weighted by molar-refractivity contribution is 9.10. The lowest BCUT2D eigenvalue weighted by Gasteiger charge is -2.20. The zero-order valence-corrected chi connectivity index (χ0v) is 14.4. The summed E-state index contributed by atoms with van der Waals surface area (Å²) in [4.78, 5) is 0. The van der Waals surface area contributed by atoms with Gasteiger partial charge in [-0.05, 0) is 77.5 Å². The Morgan fingerprint density at radius 2 is 1.60 bits per heavy atom. The molecule has 0 saturated carbocycles. The van der Waals surface area contributed by atoms with Crippen LogP contribution >= 0.6 is 27.5 Å². The molecule has 0 heterocycles. The summed E-state index contributed by atoms with van der Waals surface area (Å²) >= 11 is 9.82. The predicted molar refractivity (Wildman–Crippen MR) is 87.2 cm³/mol. The van der Waals surface area contributed by atoms with E-state index in [2.05, 4.69) is 35.8 Å². The highest BCUT2D eigenvalue weighted by atomic mass is 79.9. The minimum absolute atomic E-state index is 0.287. The SMILES string of the molecule is Cc1cc(C)c(C)c(C(Cl)c2cccc(Br)c2F)c1C. The maximum absolute atomic E-state index is 14.3. The Hall–Kier alpha value is -0.860. The van der Waals surface area contributed by atoms with E-state index < -0.39 is 5.38 Å². The number of halogens is 3. The Balaban J connectivity index is 2.65. The zero-order valence-electron chi connectivity index (χ0n) is 12.0. The van der Waals surface area contributed by atoms with Crippen LogP contribution in [0.2, 0.25) is 0 Å². The molecule has 1 atom stereocenters. The van der Waals surface area contributed by atoms with E-state index in [0.717, 1.165) is 16.7 Å². The number of rotatable bonds is 2. The van der Waals surface area contributed by atoms with Crippen LogP contribution in [0.3, 0.4) is 0 Å². The van der Waals surface area contributed by atoms with Gasteiger partial charge in [-0.25, -0.2) is 4.39 Å². The first-order valence-corrected chi connectivity index (χ1v) is 7.72. The average molecular weight is 356 g/mol. The van der Waals surface area contributed by atoms with Crippen molar-refractivity contribution in [1.29, 1.82) is 0 Å². The van der Waals surface area contributed by atoms with E-state index in [0.29, 0.717) is 10.0 Å². The summed E-state index contributed by atoms with van der Waals surface area (Å²) in [6, 6.07) is 7.39. The van der Waals surface area contributed by atoms with Crippen molar-refractivity contribution in [1.82, 2.24) is 0 Å². The van der Waals surface area contributed by atoms with E-state index in [1.165, 1.54) is 11.1 Å². The van der Waals surface area contributed by atoms with Crippen molar-refractivity contribution < 1.29 is 4.39 Å². The third-order valence-corrected chi connectivity index (χ3v) is 5.00. The van der Waals surface area contributed by atoms with E-state index >= 15 is 0 Å². The first-order chi connectivity index (χ1) is 9.34. The van der Waals surface area contributed by atoms with Crippen LogP contribution in [0.25, 0.3) is 0 Å². The average Bonchev–Trinajstić information content (AvgIpc) is 2.40. The summed E-state index contributed by atoms with van der Waals surface area (Å²) in [6.45, 7) is 8.21. The molecule has 0 N–H and O–H groups in total. The normalized spacial score (nSPS) is 12.6. The molecular weight excluding hydrogens is 339 g/mol. The molecule has 3 heteroatoms. The van der Waals surface area contributed by atoms with Crippen LogP contribution in [0.15, 0.2) is 28.7 Å². The second kappa shape index (κ2) is 5.87. The summed E-state index contributed by atoms with van der Waals surface area (Å²) < 4.78 is 14.7. The van der Waals surface area contributed by atoms with Gasteiger partial charge in [0.15, 0.2) is 0 Å². The van der Waals surface area contributed by atoms with E-state index in [1.807, 2.05) is 19.9 Å². The first-order valence-electron chi connectivity index (χ1n) is 6.49. The largest absolute Gasteiger partial charge is 0.205 e.